The van der Waals surface area contributed by atoms with E-state index in [1.54, 1.807) is 6.07 Å². The third kappa shape index (κ3) is 3.63. The Morgan fingerprint density at radius 3 is 2.95 bits per heavy atom. The van der Waals surface area contributed by atoms with Gasteiger partial charge in [-0.25, -0.2) is 4.79 Å². The van der Waals surface area contributed by atoms with E-state index in [0.717, 1.165) is 43.7 Å². The minimum atomic E-state index is -0.995. The van der Waals surface area contributed by atoms with E-state index < -0.39 is 5.97 Å². The molecule has 1 aromatic carbocycles. The number of benzene rings is 1. The van der Waals surface area contributed by atoms with Crippen LogP contribution in [0.1, 0.15) is 41.6 Å². The summed E-state index contributed by atoms with van der Waals surface area (Å²) in [6.45, 7) is 3.44. The molecular weight excluding hydrogens is 256 g/mol. The van der Waals surface area contributed by atoms with Crippen molar-refractivity contribution < 1.29 is 14.6 Å². The molecule has 110 valence electrons. The number of rotatable bonds is 5. The smallest absolute Gasteiger partial charge is 0.337 e. The van der Waals surface area contributed by atoms with Gasteiger partial charge in [0.25, 0.3) is 0 Å². The molecule has 0 aromatic heterocycles. The van der Waals surface area contributed by atoms with Crippen LogP contribution in [0.15, 0.2) is 12.1 Å². The zero-order valence-corrected chi connectivity index (χ0v) is 11.8. The molecule has 1 aliphatic heterocycles. The first-order valence-electron chi connectivity index (χ1n) is 7.07. The molecule has 0 aliphatic carbocycles. The van der Waals surface area contributed by atoms with Crippen molar-refractivity contribution in [1.82, 2.24) is 0 Å². The third-order valence-corrected chi connectivity index (χ3v) is 3.69. The molecular formula is C15H22N2O3. The summed E-state index contributed by atoms with van der Waals surface area (Å²) in [5, 5.41) is 12.4. The number of nitrogens with two attached hydrogens (primary N) is 1. The number of anilines is 2. The van der Waals surface area contributed by atoms with Gasteiger partial charge in [0.05, 0.1) is 11.7 Å². The number of carboxylic acids is 1. The Kier molecular flexibility index (Phi) is 4.84. The van der Waals surface area contributed by atoms with E-state index in [1.807, 2.05) is 13.0 Å². The molecule has 0 saturated carbocycles. The lowest BCUT2D eigenvalue weighted by atomic mass is 10.1. The van der Waals surface area contributed by atoms with Crippen molar-refractivity contribution in [2.24, 2.45) is 0 Å². The topological polar surface area (TPSA) is 84.6 Å². The third-order valence-electron chi connectivity index (χ3n) is 3.69. The van der Waals surface area contributed by atoms with Gasteiger partial charge >= 0.3 is 5.97 Å². The van der Waals surface area contributed by atoms with Crippen molar-refractivity contribution in [2.45, 2.75) is 38.7 Å². The predicted octanol–water partition coefficient (Wildman–Crippen LogP) is 2.65. The maximum Gasteiger partial charge on any atom is 0.337 e. The zero-order chi connectivity index (χ0) is 14.5. The highest BCUT2D eigenvalue weighted by molar-refractivity contribution is 5.95. The SMILES string of the molecule is Cc1cc(NCCC2CCCCO2)cc(C(=O)O)c1N. The highest BCUT2D eigenvalue weighted by Gasteiger charge is 2.14. The minimum Gasteiger partial charge on any atom is -0.478 e. The molecule has 1 saturated heterocycles. The first-order valence-corrected chi connectivity index (χ1v) is 7.07. The average Bonchev–Trinajstić information content (AvgIpc) is 2.43. The molecule has 20 heavy (non-hydrogen) atoms. The van der Waals surface area contributed by atoms with E-state index in [9.17, 15) is 4.79 Å². The quantitative estimate of drug-likeness (QED) is 0.721. The van der Waals surface area contributed by atoms with Crippen LogP contribution >= 0.6 is 0 Å². The summed E-state index contributed by atoms with van der Waals surface area (Å²) in [6.07, 6.45) is 4.76. The van der Waals surface area contributed by atoms with E-state index in [2.05, 4.69) is 5.32 Å². The number of nitrogen functional groups attached to an aromatic ring is 1. The fourth-order valence-corrected chi connectivity index (χ4v) is 2.49. The predicted molar refractivity (Wildman–Crippen MR) is 79.2 cm³/mol. The highest BCUT2D eigenvalue weighted by atomic mass is 16.5. The number of aryl methyl sites for hydroxylation is 1. The second-order valence-electron chi connectivity index (χ2n) is 5.26. The fourth-order valence-electron chi connectivity index (χ4n) is 2.49. The van der Waals surface area contributed by atoms with E-state index in [4.69, 9.17) is 15.6 Å². The molecule has 1 fully saturated rings. The van der Waals surface area contributed by atoms with Crippen LogP contribution < -0.4 is 11.1 Å². The molecule has 1 heterocycles. The van der Waals surface area contributed by atoms with Crippen molar-refractivity contribution >= 4 is 17.3 Å². The summed E-state index contributed by atoms with van der Waals surface area (Å²) in [7, 11) is 0. The van der Waals surface area contributed by atoms with Crippen LogP contribution in [0.25, 0.3) is 0 Å². The highest BCUT2D eigenvalue weighted by Crippen LogP contribution is 2.23. The minimum absolute atomic E-state index is 0.154. The Morgan fingerprint density at radius 2 is 2.30 bits per heavy atom. The molecule has 0 amide bonds. The molecule has 1 aromatic rings. The van der Waals surface area contributed by atoms with Gasteiger partial charge in [-0.2, -0.15) is 0 Å². The van der Waals surface area contributed by atoms with Crippen LogP contribution in [0.4, 0.5) is 11.4 Å². The van der Waals surface area contributed by atoms with Crippen LogP contribution in [0.3, 0.4) is 0 Å². The molecule has 4 N–H and O–H groups in total. The number of carboxylic acid groups (broad SMARTS) is 1. The second kappa shape index (κ2) is 6.61. The lowest BCUT2D eigenvalue weighted by Crippen LogP contribution is -2.22. The lowest BCUT2D eigenvalue weighted by Gasteiger charge is -2.22. The van der Waals surface area contributed by atoms with Gasteiger partial charge in [-0.3, -0.25) is 0 Å². The average molecular weight is 278 g/mol. The van der Waals surface area contributed by atoms with E-state index >= 15 is 0 Å². The van der Waals surface area contributed by atoms with E-state index in [-0.39, 0.29) is 5.56 Å². The first-order chi connectivity index (χ1) is 9.58. The molecule has 2 rings (SSSR count). The summed E-state index contributed by atoms with van der Waals surface area (Å²) in [4.78, 5) is 11.1. The van der Waals surface area contributed by atoms with Crippen LogP contribution in [0.5, 0.6) is 0 Å². The van der Waals surface area contributed by atoms with Crippen LogP contribution in [0.2, 0.25) is 0 Å². The number of aromatic carboxylic acids is 1. The largest absolute Gasteiger partial charge is 0.478 e. The maximum absolute atomic E-state index is 11.1. The van der Waals surface area contributed by atoms with Crippen molar-refractivity contribution in [1.29, 1.82) is 0 Å². The van der Waals surface area contributed by atoms with Crippen LogP contribution in [0, 0.1) is 6.92 Å². The van der Waals surface area contributed by atoms with Crippen LogP contribution in [-0.4, -0.2) is 30.3 Å². The van der Waals surface area contributed by atoms with E-state index in [1.165, 1.54) is 6.42 Å². The summed E-state index contributed by atoms with van der Waals surface area (Å²) in [5.74, 6) is -0.995. The summed E-state index contributed by atoms with van der Waals surface area (Å²) >= 11 is 0. The van der Waals surface area contributed by atoms with Gasteiger partial charge < -0.3 is 20.9 Å². The Balaban J connectivity index is 1.93. The molecule has 0 radical (unpaired) electrons. The van der Waals surface area contributed by atoms with Gasteiger partial charge in [0.1, 0.15) is 0 Å². The molecule has 0 bridgehead atoms. The standard InChI is InChI=1S/C15H22N2O3/c1-10-8-11(9-13(14(10)16)15(18)19)17-6-5-12-4-2-3-7-20-12/h8-9,12,17H,2-7,16H2,1H3,(H,18,19). The summed E-state index contributed by atoms with van der Waals surface area (Å²) < 4.78 is 5.67. The summed E-state index contributed by atoms with van der Waals surface area (Å²) in [6, 6.07) is 3.47. The monoisotopic (exact) mass is 278 g/mol. The maximum atomic E-state index is 11.1. The number of hydrogen-bond acceptors (Lipinski definition) is 4. The number of ether oxygens (including phenoxy) is 1. The number of nitrogens with one attached hydrogen (secondary N) is 1. The van der Waals surface area contributed by atoms with E-state index in [0.29, 0.717) is 11.8 Å². The fraction of sp³-hybridized carbons (Fsp3) is 0.533. The molecule has 5 heteroatoms. The molecule has 5 nitrogen and oxygen atoms in total. The van der Waals surface area contributed by atoms with Crippen molar-refractivity contribution in [3.63, 3.8) is 0 Å². The normalized spacial score (nSPS) is 18.8. The van der Waals surface area contributed by atoms with Gasteiger partial charge in [0.15, 0.2) is 0 Å². The molecule has 1 unspecified atom stereocenters. The van der Waals surface area contributed by atoms with Gasteiger partial charge in [0, 0.05) is 24.5 Å². The van der Waals surface area contributed by atoms with Crippen LogP contribution in [-0.2, 0) is 4.74 Å². The molecule has 1 atom stereocenters. The number of carbonyl (C=O) groups is 1. The van der Waals surface area contributed by atoms with Crippen molar-refractivity contribution in [2.75, 3.05) is 24.2 Å². The van der Waals surface area contributed by atoms with Gasteiger partial charge in [-0.05, 0) is 50.3 Å². The Labute approximate surface area is 119 Å². The van der Waals surface area contributed by atoms with Crippen molar-refractivity contribution in [3.8, 4) is 0 Å². The van der Waals surface area contributed by atoms with Gasteiger partial charge in [0.2, 0.25) is 0 Å². The summed E-state index contributed by atoms with van der Waals surface area (Å²) in [5.41, 5.74) is 7.83. The van der Waals surface area contributed by atoms with Crippen molar-refractivity contribution in [3.05, 3.63) is 23.3 Å². The Bertz CT molecular complexity index is 482. The molecule has 0 spiro atoms. The first kappa shape index (κ1) is 14.7. The zero-order valence-electron chi connectivity index (χ0n) is 11.8. The van der Waals surface area contributed by atoms with Gasteiger partial charge in [-0.1, -0.05) is 0 Å². The lowest BCUT2D eigenvalue weighted by molar-refractivity contribution is 0.0134. The number of hydrogen-bond donors (Lipinski definition) is 3. The van der Waals surface area contributed by atoms with Gasteiger partial charge in [-0.15, -0.1) is 0 Å². The Hall–Kier alpha value is -1.75. The Morgan fingerprint density at radius 1 is 1.50 bits per heavy atom. The second-order valence-corrected chi connectivity index (χ2v) is 5.26. The molecule has 1 aliphatic rings.